The zero-order valence-corrected chi connectivity index (χ0v) is 11.4. The van der Waals surface area contributed by atoms with Gasteiger partial charge in [0.25, 0.3) is 0 Å². The first-order valence-electron chi connectivity index (χ1n) is 4.57. The van der Waals surface area contributed by atoms with E-state index in [1.807, 2.05) is 0 Å². The maximum atomic E-state index is 12.2. The molecule has 16 heavy (non-hydrogen) atoms. The molecule has 0 aliphatic heterocycles. The van der Waals surface area contributed by atoms with Crippen molar-refractivity contribution in [3.05, 3.63) is 22.3 Å². The number of ether oxygens (including phenoxy) is 1. The molecule has 1 N–H and O–H groups in total. The lowest BCUT2D eigenvalue weighted by molar-refractivity contribution is 0.258. The second-order valence-corrected chi connectivity index (χ2v) is 6.89. The van der Waals surface area contributed by atoms with Crippen LogP contribution in [0, 0.1) is 0 Å². The van der Waals surface area contributed by atoms with Crippen molar-refractivity contribution in [3.63, 3.8) is 0 Å². The smallest absolute Gasteiger partial charge is 0.190 e. The maximum Gasteiger partial charge on any atom is 0.190 e. The number of aliphatic hydroxyl groups excluding tert-OH is 1. The highest BCUT2D eigenvalue weighted by Gasteiger charge is 2.39. The van der Waals surface area contributed by atoms with E-state index in [9.17, 15) is 8.42 Å². The summed E-state index contributed by atoms with van der Waals surface area (Å²) in [6.45, 7) is 7.19. The average Bonchev–Trinajstić information content (AvgIpc) is 2.16. The van der Waals surface area contributed by atoms with Gasteiger partial charge in [-0.25, -0.2) is 8.42 Å². The molecule has 0 heterocycles. The molecule has 4 nitrogen and oxygen atoms in total. The predicted molar refractivity (Wildman–Crippen MR) is 64.8 cm³/mol. The van der Waals surface area contributed by atoms with Crippen molar-refractivity contribution in [3.8, 4) is 0 Å². The van der Waals surface area contributed by atoms with Crippen LogP contribution >= 0.6 is 11.6 Å². The molecule has 0 atom stereocenters. The van der Waals surface area contributed by atoms with Crippen LogP contribution in [0.1, 0.15) is 20.8 Å². The molecule has 6 heteroatoms. The molecule has 94 valence electrons. The summed E-state index contributed by atoms with van der Waals surface area (Å²) in [6.07, 6.45) is 0. The Kier molecular flexibility index (Phi) is 5.04. The first-order valence-corrected chi connectivity index (χ1v) is 6.43. The SMILES string of the molecule is C=C(Cl)C(=C(C)OC)S(=O)(=O)C(C)(C)CO. The maximum absolute atomic E-state index is 12.2. The molecule has 0 amide bonds. The standard InChI is InChI=1S/C10H17ClO4S/c1-7(11)9(8(2)15-5)16(13,14)10(3,4)6-12/h12H,1,6H2,2-5H3. The Balaban J connectivity index is 5.89. The third-order valence-corrected chi connectivity index (χ3v) is 5.21. The van der Waals surface area contributed by atoms with Gasteiger partial charge in [0.15, 0.2) is 9.84 Å². The zero-order chi connectivity index (χ0) is 13.1. The molecular formula is C10H17ClO4S. The molecule has 0 aromatic heterocycles. The van der Waals surface area contributed by atoms with E-state index < -0.39 is 21.2 Å². The number of methoxy groups -OCH3 is 1. The minimum absolute atomic E-state index is 0.124. The lowest BCUT2D eigenvalue weighted by Crippen LogP contribution is -2.37. The van der Waals surface area contributed by atoms with E-state index in [0.29, 0.717) is 0 Å². The first kappa shape index (κ1) is 15.5. The Labute approximate surface area is 101 Å². The second-order valence-electron chi connectivity index (χ2n) is 3.92. The van der Waals surface area contributed by atoms with Gasteiger partial charge in [-0.3, -0.25) is 0 Å². The third kappa shape index (κ3) is 2.78. The molecule has 0 unspecified atom stereocenters. The molecular weight excluding hydrogens is 252 g/mol. The summed E-state index contributed by atoms with van der Waals surface area (Å²) < 4.78 is 27.9. The molecule has 0 spiro atoms. The van der Waals surface area contributed by atoms with E-state index in [2.05, 4.69) is 6.58 Å². The molecule has 0 aliphatic carbocycles. The second kappa shape index (κ2) is 5.21. The first-order chi connectivity index (χ1) is 7.11. The van der Waals surface area contributed by atoms with E-state index in [4.69, 9.17) is 21.4 Å². The normalized spacial score (nSPS) is 14.4. The van der Waals surface area contributed by atoms with Crippen LogP contribution in [0.25, 0.3) is 0 Å². The molecule has 0 fully saturated rings. The lowest BCUT2D eigenvalue weighted by atomic mass is 10.2. The Morgan fingerprint density at radius 1 is 1.50 bits per heavy atom. The highest BCUT2D eigenvalue weighted by atomic mass is 35.5. The zero-order valence-electron chi connectivity index (χ0n) is 9.87. The summed E-state index contributed by atoms with van der Waals surface area (Å²) in [5.74, 6) is 0.154. The summed E-state index contributed by atoms with van der Waals surface area (Å²) in [4.78, 5) is -0.171. The topological polar surface area (TPSA) is 63.6 Å². The number of aliphatic hydroxyl groups is 1. The van der Waals surface area contributed by atoms with Gasteiger partial charge in [-0.1, -0.05) is 18.2 Å². The van der Waals surface area contributed by atoms with Gasteiger partial charge in [-0.05, 0) is 20.8 Å². The minimum Gasteiger partial charge on any atom is -0.500 e. The van der Waals surface area contributed by atoms with Gasteiger partial charge < -0.3 is 9.84 Å². The van der Waals surface area contributed by atoms with Crippen LogP contribution in [-0.4, -0.2) is 32.0 Å². The van der Waals surface area contributed by atoms with Gasteiger partial charge >= 0.3 is 0 Å². The van der Waals surface area contributed by atoms with Crippen LogP contribution in [0.3, 0.4) is 0 Å². The molecule has 0 rings (SSSR count). The number of allylic oxidation sites excluding steroid dienone is 2. The largest absolute Gasteiger partial charge is 0.500 e. The van der Waals surface area contributed by atoms with Crippen LogP contribution in [0.5, 0.6) is 0 Å². The van der Waals surface area contributed by atoms with Gasteiger partial charge in [0.1, 0.15) is 10.7 Å². The molecule has 0 saturated carbocycles. The number of rotatable bonds is 5. The van der Waals surface area contributed by atoms with Gasteiger partial charge in [0.05, 0.1) is 23.5 Å². The van der Waals surface area contributed by atoms with Crippen molar-refractivity contribution >= 4 is 21.4 Å². The number of hydrogen-bond donors (Lipinski definition) is 1. The Bertz CT molecular complexity index is 407. The van der Waals surface area contributed by atoms with Crippen molar-refractivity contribution < 1.29 is 18.3 Å². The van der Waals surface area contributed by atoms with E-state index in [1.54, 1.807) is 0 Å². The predicted octanol–water partition coefficient (Wildman–Crippen LogP) is 1.80. The Hall–Kier alpha value is -0.520. The summed E-state index contributed by atoms with van der Waals surface area (Å²) in [5.41, 5.74) is 0. The minimum atomic E-state index is -3.79. The fourth-order valence-corrected chi connectivity index (χ4v) is 2.89. The van der Waals surface area contributed by atoms with Crippen LogP contribution in [-0.2, 0) is 14.6 Å². The van der Waals surface area contributed by atoms with E-state index in [0.717, 1.165) is 0 Å². The van der Waals surface area contributed by atoms with Crippen LogP contribution in [0.4, 0.5) is 0 Å². The van der Waals surface area contributed by atoms with Gasteiger partial charge in [0.2, 0.25) is 0 Å². The van der Waals surface area contributed by atoms with Crippen molar-refractivity contribution in [2.75, 3.05) is 13.7 Å². The van der Waals surface area contributed by atoms with Gasteiger partial charge in [-0.2, -0.15) is 0 Å². The monoisotopic (exact) mass is 268 g/mol. The van der Waals surface area contributed by atoms with Gasteiger partial charge in [-0.15, -0.1) is 0 Å². The molecule has 0 radical (unpaired) electrons. The van der Waals surface area contributed by atoms with Crippen LogP contribution < -0.4 is 0 Å². The quantitative estimate of drug-likeness (QED) is 0.610. The molecule has 0 bridgehead atoms. The fraction of sp³-hybridized carbons (Fsp3) is 0.600. The molecule has 0 saturated heterocycles. The van der Waals surface area contributed by atoms with Crippen molar-refractivity contribution in [1.82, 2.24) is 0 Å². The van der Waals surface area contributed by atoms with E-state index in [1.165, 1.54) is 27.9 Å². The number of sulfone groups is 1. The molecule has 0 aliphatic rings. The highest BCUT2D eigenvalue weighted by Crippen LogP contribution is 2.32. The van der Waals surface area contributed by atoms with E-state index >= 15 is 0 Å². The summed E-state index contributed by atoms with van der Waals surface area (Å²) in [5, 5.41) is 8.98. The van der Waals surface area contributed by atoms with E-state index in [-0.39, 0.29) is 15.7 Å². The summed E-state index contributed by atoms with van der Waals surface area (Å²) >= 11 is 5.67. The Morgan fingerprint density at radius 3 is 2.19 bits per heavy atom. The van der Waals surface area contributed by atoms with Crippen molar-refractivity contribution in [2.45, 2.75) is 25.5 Å². The van der Waals surface area contributed by atoms with Crippen LogP contribution in [0.2, 0.25) is 0 Å². The summed E-state index contributed by atoms with van der Waals surface area (Å²) in [7, 11) is -2.44. The van der Waals surface area contributed by atoms with Crippen LogP contribution in [0.15, 0.2) is 22.3 Å². The fourth-order valence-electron chi connectivity index (χ4n) is 0.980. The number of hydrogen-bond acceptors (Lipinski definition) is 4. The average molecular weight is 269 g/mol. The highest BCUT2D eigenvalue weighted by molar-refractivity contribution is 7.97. The number of halogens is 1. The van der Waals surface area contributed by atoms with Gasteiger partial charge in [0, 0.05) is 0 Å². The lowest BCUT2D eigenvalue weighted by Gasteiger charge is -2.24. The van der Waals surface area contributed by atoms with Crippen molar-refractivity contribution in [1.29, 1.82) is 0 Å². The third-order valence-electron chi connectivity index (χ3n) is 2.25. The molecule has 0 aromatic rings. The van der Waals surface area contributed by atoms with Crippen molar-refractivity contribution in [2.24, 2.45) is 0 Å². The Morgan fingerprint density at radius 2 is 1.94 bits per heavy atom. The summed E-state index contributed by atoms with van der Waals surface area (Å²) in [6, 6.07) is 0. The molecule has 0 aromatic carbocycles.